The Morgan fingerprint density at radius 3 is 2.89 bits per heavy atom. The van der Waals surface area contributed by atoms with Gasteiger partial charge in [-0.05, 0) is 24.5 Å². The Morgan fingerprint density at radius 1 is 1.21 bits per heavy atom. The second kappa shape index (κ2) is 7.88. The monoisotopic (exact) mass is 376 g/mol. The lowest BCUT2D eigenvalue weighted by molar-refractivity contribution is -0.131. The maximum Gasteiger partial charge on any atom is 0.227 e. The van der Waals surface area contributed by atoms with Gasteiger partial charge in [0.2, 0.25) is 5.91 Å². The van der Waals surface area contributed by atoms with Gasteiger partial charge in [-0.3, -0.25) is 19.3 Å². The van der Waals surface area contributed by atoms with E-state index in [-0.39, 0.29) is 17.9 Å². The molecule has 0 aliphatic carbocycles. The molecule has 0 radical (unpaired) electrons. The summed E-state index contributed by atoms with van der Waals surface area (Å²) >= 11 is 0. The summed E-state index contributed by atoms with van der Waals surface area (Å²) < 4.78 is 1.97. The van der Waals surface area contributed by atoms with Gasteiger partial charge in [0.1, 0.15) is 5.82 Å². The van der Waals surface area contributed by atoms with E-state index in [9.17, 15) is 4.79 Å². The number of nitrogens with zero attached hydrogens (tertiary/aromatic N) is 6. The van der Waals surface area contributed by atoms with E-state index in [0.717, 1.165) is 42.3 Å². The van der Waals surface area contributed by atoms with Crippen LogP contribution in [0, 0.1) is 0 Å². The van der Waals surface area contributed by atoms with Gasteiger partial charge in [-0.2, -0.15) is 0 Å². The van der Waals surface area contributed by atoms with E-state index in [1.807, 2.05) is 27.8 Å². The van der Waals surface area contributed by atoms with E-state index in [1.165, 1.54) is 0 Å². The van der Waals surface area contributed by atoms with Gasteiger partial charge in [-0.1, -0.05) is 19.9 Å². The smallest absolute Gasteiger partial charge is 0.227 e. The summed E-state index contributed by atoms with van der Waals surface area (Å²) in [5, 5.41) is 0. The van der Waals surface area contributed by atoms with E-state index in [0.29, 0.717) is 6.42 Å². The maximum atomic E-state index is 12.9. The minimum atomic E-state index is -0.0392. The predicted octanol–water partition coefficient (Wildman–Crippen LogP) is 3.09. The third-order valence-corrected chi connectivity index (χ3v) is 5.07. The van der Waals surface area contributed by atoms with Crippen molar-refractivity contribution in [1.29, 1.82) is 0 Å². The van der Waals surface area contributed by atoms with Gasteiger partial charge in [-0.25, -0.2) is 9.97 Å². The third kappa shape index (κ3) is 3.65. The predicted molar refractivity (Wildman–Crippen MR) is 105 cm³/mol. The molecule has 3 aromatic rings. The molecule has 4 rings (SSSR count). The summed E-state index contributed by atoms with van der Waals surface area (Å²) in [5.41, 5.74) is 1.76. The number of likely N-dealkylation sites (tertiary alicyclic amines) is 1. The molecule has 0 N–H and O–H groups in total. The summed E-state index contributed by atoms with van der Waals surface area (Å²) in [6.45, 7) is 4.95. The Bertz CT molecular complexity index is 952. The second-order valence-electron chi connectivity index (χ2n) is 7.40. The minimum absolute atomic E-state index is 0.0392. The van der Waals surface area contributed by atoms with Crippen molar-refractivity contribution < 1.29 is 4.79 Å². The van der Waals surface area contributed by atoms with Crippen LogP contribution in [-0.4, -0.2) is 41.9 Å². The fourth-order valence-corrected chi connectivity index (χ4v) is 3.73. The van der Waals surface area contributed by atoms with Crippen molar-refractivity contribution in [3.8, 4) is 5.82 Å². The maximum absolute atomic E-state index is 12.9. The van der Waals surface area contributed by atoms with Crippen molar-refractivity contribution in [2.75, 3.05) is 6.54 Å². The quantitative estimate of drug-likeness (QED) is 0.684. The fourth-order valence-electron chi connectivity index (χ4n) is 3.73. The standard InChI is InChI=1S/C21H24N6O/c1-15(2)21-24-8-10-27(21)19-14-23-13-17(25-19)18-6-4-9-26(18)20(28)11-16-5-3-7-22-12-16/h3,5,7-8,10,12-15,18H,4,6,9,11H2,1-2H3/t18-/m0/s1. The van der Waals surface area contributed by atoms with Crippen molar-refractivity contribution in [2.45, 2.75) is 45.1 Å². The Kier molecular flexibility index (Phi) is 5.14. The van der Waals surface area contributed by atoms with Crippen LogP contribution in [0.4, 0.5) is 0 Å². The van der Waals surface area contributed by atoms with Crippen LogP contribution >= 0.6 is 0 Å². The van der Waals surface area contributed by atoms with Gasteiger partial charge < -0.3 is 4.90 Å². The van der Waals surface area contributed by atoms with Crippen molar-refractivity contribution in [3.63, 3.8) is 0 Å². The molecule has 0 aromatic carbocycles. The Balaban J connectivity index is 1.58. The van der Waals surface area contributed by atoms with Crippen molar-refractivity contribution in [3.05, 3.63) is 66.4 Å². The van der Waals surface area contributed by atoms with Gasteiger partial charge in [0.15, 0.2) is 5.82 Å². The van der Waals surface area contributed by atoms with E-state index in [2.05, 4.69) is 28.8 Å². The third-order valence-electron chi connectivity index (χ3n) is 5.07. The normalized spacial score (nSPS) is 16.7. The van der Waals surface area contributed by atoms with Crippen LogP contribution < -0.4 is 0 Å². The largest absolute Gasteiger partial charge is 0.334 e. The molecule has 0 bridgehead atoms. The van der Waals surface area contributed by atoms with Crippen molar-refractivity contribution in [1.82, 2.24) is 29.4 Å². The lowest BCUT2D eigenvalue weighted by Gasteiger charge is -2.24. The van der Waals surface area contributed by atoms with Gasteiger partial charge in [0.05, 0.1) is 30.6 Å². The number of imidazole rings is 1. The number of hydrogen-bond acceptors (Lipinski definition) is 5. The molecule has 0 saturated carbocycles. The summed E-state index contributed by atoms with van der Waals surface area (Å²) in [4.78, 5) is 32.6. The van der Waals surface area contributed by atoms with Crippen LogP contribution in [0.5, 0.6) is 0 Å². The molecule has 0 spiro atoms. The van der Waals surface area contributed by atoms with E-state index in [4.69, 9.17) is 4.98 Å². The molecule has 1 amide bonds. The highest BCUT2D eigenvalue weighted by Gasteiger charge is 2.31. The lowest BCUT2D eigenvalue weighted by atomic mass is 10.1. The minimum Gasteiger partial charge on any atom is -0.334 e. The molecule has 28 heavy (non-hydrogen) atoms. The van der Waals surface area contributed by atoms with Crippen LogP contribution in [0.15, 0.2) is 49.3 Å². The zero-order valence-electron chi connectivity index (χ0n) is 16.2. The first kappa shape index (κ1) is 18.3. The molecule has 7 nitrogen and oxygen atoms in total. The molecule has 0 unspecified atom stereocenters. The SMILES string of the molecule is CC(C)c1nccn1-c1cncc([C@@H]2CCCN2C(=O)Cc2cccnc2)n1. The number of rotatable bonds is 5. The molecular formula is C21H24N6O. The lowest BCUT2D eigenvalue weighted by Crippen LogP contribution is -2.32. The molecule has 1 aliphatic heterocycles. The second-order valence-corrected chi connectivity index (χ2v) is 7.40. The highest BCUT2D eigenvalue weighted by atomic mass is 16.2. The molecule has 1 fully saturated rings. The van der Waals surface area contributed by atoms with Crippen LogP contribution in [0.1, 0.15) is 55.7 Å². The van der Waals surface area contributed by atoms with Gasteiger partial charge in [0, 0.05) is 37.3 Å². The Labute approximate surface area is 164 Å². The highest BCUT2D eigenvalue weighted by molar-refractivity contribution is 5.79. The average molecular weight is 376 g/mol. The summed E-state index contributed by atoms with van der Waals surface area (Å²) in [6.07, 6.45) is 12.9. The average Bonchev–Trinajstić information content (AvgIpc) is 3.39. The molecule has 1 saturated heterocycles. The van der Waals surface area contributed by atoms with E-state index >= 15 is 0 Å². The molecule has 7 heteroatoms. The van der Waals surface area contributed by atoms with Crippen molar-refractivity contribution >= 4 is 5.91 Å². The summed E-state index contributed by atoms with van der Waals surface area (Å²) in [7, 11) is 0. The molecule has 1 aliphatic rings. The number of aromatic nitrogens is 5. The first-order valence-electron chi connectivity index (χ1n) is 9.67. The van der Waals surface area contributed by atoms with Gasteiger partial charge in [-0.15, -0.1) is 0 Å². The summed E-state index contributed by atoms with van der Waals surface area (Å²) in [5.74, 6) is 2.07. The number of pyridine rings is 1. The van der Waals surface area contributed by atoms with Crippen LogP contribution in [-0.2, 0) is 11.2 Å². The van der Waals surface area contributed by atoms with Crippen molar-refractivity contribution in [2.24, 2.45) is 0 Å². The van der Waals surface area contributed by atoms with E-state index in [1.54, 1.807) is 31.0 Å². The number of carbonyl (C=O) groups is 1. The first-order valence-corrected chi connectivity index (χ1v) is 9.67. The van der Waals surface area contributed by atoms with Gasteiger partial charge in [0.25, 0.3) is 0 Å². The molecule has 1 atom stereocenters. The zero-order valence-corrected chi connectivity index (χ0v) is 16.2. The fraction of sp³-hybridized carbons (Fsp3) is 0.381. The molecular weight excluding hydrogens is 352 g/mol. The zero-order chi connectivity index (χ0) is 19.5. The Hall–Kier alpha value is -3.09. The van der Waals surface area contributed by atoms with Crippen LogP contribution in [0.2, 0.25) is 0 Å². The highest BCUT2D eigenvalue weighted by Crippen LogP contribution is 2.31. The van der Waals surface area contributed by atoms with Gasteiger partial charge >= 0.3 is 0 Å². The Morgan fingerprint density at radius 2 is 2.11 bits per heavy atom. The molecule has 3 aromatic heterocycles. The first-order chi connectivity index (χ1) is 13.6. The molecule has 4 heterocycles. The van der Waals surface area contributed by atoms with Crippen LogP contribution in [0.3, 0.4) is 0 Å². The number of carbonyl (C=O) groups excluding carboxylic acids is 1. The summed E-state index contributed by atoms with van der Waals surface area (Å²) in [6, 6.07) is 3.75. The molecule has 144 valence electrons. The number of hydrogen-bond donors (Lipinski definition) is 0. The van der Waals surface area contributed by atoms with Crippen LogP contribution in [0.25, 0.3) is 5.82 Å². The number of amides is 1. The van der Waals surface area contributed by atoms with E-state index < -0.39 is 0 Å². The topological polar surface area (TPSA) is 76.8 Å².